The van der Waals surface area contributed by atoms with E-state index in [1.54, 1.807) is 12.3 Å². The Hall–Kier alpha value is -2.16. The van der Waals surface area contributed by atoms with Crippen LogP contribution in [0.1, 0.15) is 71.0 Å². The van der Waals surface area contributed by atoms with Gasteiger partial charge in [0.2, 0.25) is 5.78 Å². The zero-order chi connectivity index (χ0) is 29.7. The number of carbonyl (C=O) groups excluding carboxylic acids is 1. The largest absolute Gasteiger partial charge is 0.393 e. The molecule has 2 heterocycles. The SMILES string of the molecule is NS(=O)(=O)OCCCCC[C@@H]1C[C@@H](Nc2ccncc2C(=O)c2cc([C@H](O)c3cc(Cl)ccc3F)c(Cl)s2)C[C@@H]1O. The van der Waals surface area contributed by atoms with Crippen molar-refractivity contribution in [2.24, 2.45) is 11.1 Å². The topological polar surface area (TPSA) is 152 Å². The van der Waals surface area contributed by atoms with Crippen LogP contribution in [0.2, 0.25) is 9.36 Å². The van der Waals surface area contributed by atoms with Gasteiger partial charge in [0.15, 0.2) is 0 Å². The maximum absolute atomic E-state index is 14.3. The minimum Gasteiger partial charge on any atom is -0.393 e. The lowest BCUT2D eigenvalue weighted by molar-refractivity contribution is 0.104. The van der Waals surface area contributed by atoms with Crippen molar-refractivity contribution in [1.29, 1.82) is 0 Å². The van der Waals surface area contributed by atoms with Gasteiger partial charge in [-0.3, -0.25) is 14.0 Å². The predicted molar refractivity (Wildman–Crippen MR) is 156 cm³/mol. The van der Waals surface area contributed by atoms with E-state index in [1.165, 1.54) is 24.4 Å². The lowest BCUT2D eigenvalue weighted by Gasteiger charge is -2.17. The van der Waals surface area contributed by atoms with Crippen molar-refractivity contribution in [1.82, 2.24) is 4.98 Å². The molecular weight excluding hydrogens is 616 g/mol. The number of hydrogen-bond acceptors (Lipinski definition) is 9. The number of aliphatic hydroxyl groups is 2. The number of benzene rings is 1. The van der Waals surface area contributed by atoms with E-state index in [0.717, 1.165) is 36.7 Å². The van der Waals surface area contributed by atoms with Crippen LogP contribution < -0.4 is 10.5 Å². The Morgan fingerprint density at radius 2 is 1.98 bits per heavy atom. The number of nitrogens with two attached hydrogens (primary N) is 1. The number of hydrogen-bond donors (Lipinski definition) is 4. The summed E-state index contributed by atoms with van der Waals surface area (Å²) in [5.74, 6) is -0.960. The van der Waals surface area contributed by atoms with Crippen molar-refractivity contribution in [3.05, 3.63) is 79.5 Å². The van der Waals surface area contributed by atoms with Gasteiger partial charge in [0.1, 0.15) is 11.9 Å². The minimum absolute atomic E-state index is 0.0302. The minimum atomic E-state index is -3.93. The highest BCUT2D eigenvalue weighted by Crippen LogP contribution is 2.38. The van der Waals surface area contributed by atoms with E-state index in [0.29, 0.717) is 30.5 Å². The number of halogens is 3. The molecule has 0 aliphatic heterocycles. The average Bonchev–Trinajstić information content (AvgIpc) is 3.48. The monoisotopic (exact) mass is 645 g/mol. The van der Waals surface area contributed by atoms with Crippen molar-refractivity contribution >= 4 is 56.3 Å². The molecule has 1 aliphatic rings. The predicted octanol–water partition coefficient (Wildman–Crippen LogP) is 5.23. The summed E-state index contributed by atoms with van der Waals surface area (Å²) in [6, 6.07) is 6.89. The normalized spacial score (nSPS) is 19.8. The van der Waals surface area contributed by atoms with Crippen molar-refractivity contribution in [3.63, 3.8) is 0 Å². The van der Waals surface area contributed by atoms with Crippen LogP contribution in [-0.4, -0.2) is 48.2 Å². The third-order valence-electron chi connectivity index (χ3n) is 7.03. The Kier molecular flexibility index (Phi) is 10.8. The summed E-state index contributed by atoms with van der Waals surface area (Å²) in [4.78, 5) is 17.8. The number of anilines is 1. The highest BCUT2D eigenvalue weighted by Gasteiger charge is 2.33. The Balaban J connectivity index is 1.39. The fourth-order valence-corrected chi connectivity index (χ4v) is 6.83. The quantitative estimate of drug-likeness (QED) is 0.146. The fourth-order valence-electron chi connectivity index (χ4n) is 5.02. The van der Waals surface area contributed by atoms with Crippen LogP contribution in [0.3, 0.4) is 0 Å². The second-order valence-electron chi connectivity index (χ2n) is 9.96. The van der Waals surface area contributed by atoms with Gasteiger partial charge in [0, 0.05) is 40.3 Å². The van der Waals surface area contributed by atoms with Gasteiger partial charge in [-0.15, -0.1) is 11.3 Å². The standard InChI is InChI=1S/C27H30Cl2FN3O6S2/c28-16-5-6-21(30)18(11-16)25(35)19-13-24(40-27(19)29)26(36)20-14-32-8-7-22(20)33-17-10-15(23(34)12-17)4-2-1-3-9-39-41(31,37)38/h5-8,11,13-15,17,23,25,34-35H,1-4,9-10,12H2,(H,32,33)(H2,31,37,38)/t15-,17-,23+,25-/m1/s1. The van der Waals surface area contributed by atoms with Gasteiger partial charge in [-0.2, -0.15) is 8.42 Å². The second kappa shape index (κ2) is 13.9. The van der Waals surface area contributed by atoms with E-state index in [1.807, 2.05) is 0 Å². The van der Waals surface area contributed by atoms with Crippen molar-refractivity contribution in [3.8, 4) is 0 Å². The molecule has 2 aromatic heterocycles. The van der Waals surface area contributed by atoms with Crippen LogP contribution in [0, 0.1) is 11.7 Å². The molecule has 9 nitrogen and oxygen atoms in total. The molecule has 41 heavy (non-hydrogen) atoms. The van der Waals surface area contributed by atoms with Gasteiger partial charge >= 0.3 is 10.3 Å². The van der Waals surface area contributed by atoms with Crippen LogP contribution in [0.15, 0.2) is 42.7 Å². The molecule has 222 valence electrons. The van der Waals surface area contributed by atoms with Crippen LogP contribution in [0.5, 0.6) is 0 Å². The van der Waals surface area contributed by atoms with Crippen LogP contribution in [0.25, 0.3) is 0 Å². The molecule has 0 bridgehead atoms. The lowest BCUT2D eigenvalue weighted by Crippen LogP contribution is -2.18. The molecule has 4 rings (SSSR count). The number of aliphatic hydroxyl groups excluding tert-OH is 2. The summed E-state index contributed by atoms with van der Waals surface area (Å²) < 4.78 is 40.7. The molecule has 5 N–H and O–H groups in total. The summed E-state index contributed by atoms with van der Waals surface area (Å²) in [5.41, 5.74) is 0.993. The van der Waals surface area contributed by atoms with Crippen molar-refractivity contribution in [2.45, 2.75) is 56.8 Å². The number of aromatic nitrogens is 1. The third kappa shape index (κ3) is 8.45. The summed E-state index contributed by atoms with van der Waals surface area (Å²) in [6.45, 7) is 0.0302. The van der Waals surface area contributed by atoms with E-state index in [9.17, 15) is 27.8 Å². The second-order valence-corrected chi connectivity index (χ2v) is 13.3. The number of ketones is 1. The zero-order valence-electron chi connectivity index (χ0n) is 21.8. The Morgan fingerprint density at radius 1 is 1.20 bits per heavy atom. The van der Waals surface area contributed by atoms with Gasteiger partial charge in [0.05, 0.1) is 27.5 Å². The molecule has 4 atom stereocenters. The number of unbranched alkanes of at least 4 members (excludes halogenated alkanes) is 2. The molecular formula is C27H30Cl2FN3O6S2. The highest BCUT2D eigenvalue weighted by molar-refractivity contribution is 7.84. The zero-order valence-corrected chi connectivity index (χ0v) is 24.9. The summed E-state index contributed by atoms with van der Waals surface area (Å²) in [7, 11) is -3.93. The Bertz CT molecular complexity index is 1490. The molecule has 0 radical (unpaired) electrons. The highest BCUT2D eigenvalue weighted by atomic mass is 35.5. The van der Waals surface area contributed by atoms with Gasteiger partial charge in [0.25, 0.3) is 0 Å². The number of pyridine rings is 1. The molecule has 0 amide bonds. The molecule has 1 saturated carbocycles. The first-order valence-corrected chi connectivity index (χ1v) is 16.0. The third-order valence-corrected chi connectivity index (χ3v) is 9.15. The molecule has 3 aromatic rings. The molecule has 1 fully saturated rings. The summed E-state index contributed by atoms with van der Waals surface area (Å²) >= 11 is 13.3. The average molecular weight is 647 g/mol. The summed E-state index contributed by atoms with van der Waals surface area (Å²) in [5, 5.41) is 29.8. The van der Waals surface area contributed by atoms with E-state index in [2.05, 4.69) is 14.5 Å². The van der Waals surface area contributed by atoms with Gasteiger partial charge in [-0.25, -0.2) is 9.53 Å². The Labute approximate surface area is 251 Å². The first-order chi connectivity index (χ1) is 19.4. The lowest BCUT2D eigenvalue weighted by atomic mass is 9.98. The van der Waals surface area contributed by atoms with E-state index in [-0.39, 0.29) is 49.7 Å². The maximum Gasteiger partial charge on any atom is 0.333 e. The number of rotatable bonds is 13. The van der Waals surface area contributed by atoms with Crippen LogP contribution in [0.4, 0.5) is 10.1 Å². The van der Waals surface area contributed by atoms with E-state index in [4.69, 9.17) is 28.3 Å². The van der Waals surface area contributed by atoms with Crippen molar-refractivity contribution < 1.29 is 32.0 Å². The maximum atomic E-state index is 14.3. The first kappa shape index (κ1) is 31.8. The smallest absolute Gasteiger partial charge is 0.333 e. The number of carbonyl (C=O) groups is 1. The van der Waals surface area contributed by atoms with Gasteiger partial charge in [-0.1, -0.05) is 36.0 Å². The van der Waals surface area contributed by atoms with Gasteiger partial charge in [-0.05, 0) is 61.9 Å². The van der Waals surface area contributed by atoms with Gasteiger partial charge < -0.3 is 15.5 Å². The van der Waals surface area contributed by atoms with Crippen LogP contribution in [-0.2, 0) is 14.5 Å². The first-order valence-electron chi connectivity index (χ1n) is 13.0. The Morgan fingerprint density at radius 3 is 2.73 bits per heavy atom. The summed E-state index contributed by atoms with van der Waals surface area (Å²) in [6.07, 6.45) is 5.12. The molecule has 14 heteroatoms. The number of thiophene rings is 1. The van der Waals surface area contributed by atoms with Crippen LogP contribution >= 0.6 is 34.5 Å². The van der Waals surface area contributed by atoms with E-state index < -0.39 is 28.3 Å². The number of nitrogens with zero attached hydrogens (tertiary/aromatic N) is 1. The molecule has 1 aromatic carbocycles. The molecule has 0 unspecified atom stereocenters. The van der Waals surface area contributed by atoms with Crippen molar-refractivity contribution in [2.75, 3.05) is 11.9 Å². The van der Waals surface area contributed by atoms with E-state index >= 15 is 0 Å². The molecule has 0 saturated heterocycles. The number of nitrogens with one attached hydrogen (secondary N) is 1. The molecule has 1 aliphatic carbocycles. The molecule has 0 spiro atoms. The fraction of sp³-hybridized carbons (Fsp3) is 0.407.